The second-order valence-electron chi connectivity index (χ2n) is 3.30. The van der Waals surface area contributed by atoms with Crippen molar-refractivity contribution in [3.63, 3.8) is 0 Å². The van der Waals surface area contributed by atoms with Gasteiger partial charge in [0, 0.05) is 12.0 Å². The van der Waals surface area contributed by atoms with Gasteiger partial charge in [0.15, 0.2) is 6.10 Å². The Balaban J connectivity index is 2.33. The Bertz CT molecular complexity index is 364. The van der Waals surface area contributed by atoms with Gasteiger partial charge < -0.3 is 15.6 Å². The van der Waals surface area contributed by atoms with E-state index in [1.54, 1.807) is 18.2 Å². The molecule has 1 heterocycles. The summed E-state index contributed by atoms with van der Waals surface area (Å²) < 4.78 is 5.33. The number of aliphatic hydroxyl groups is 1. The molecular formula is C10H11NO3. The van der Waals surface area contributed by atoms with Gasteiger partial charge in [-0.15, -0.1) is 0 Å². The van der Waals surface area contributed by atoms with E-state index in [2.05, 4.69) is 0 Å². The number of benzene rings is 1. The van der Waals surface area contributed by atoms with Gasteiger partial charge in [-0.3, -0.25) is 4.79 Å². The SMILES string of the molecule is NC(=O)C1CC(O)c2ccccc2O1. The van der Waals surface area contributed by atoms with Crippen LogP contribution in [-0.4, -0.2) is 17.1 Å². The molecule has 0 saturated heterocycles. The maximum atomic E-state index is 10.9. The largest absolute Gasteiger partial charge is 0.480 e. The zero-order valence-corrected chi connectivity index (χ0v) is 7.51. The molecule has 1 amide bonds. The van der Waals surface area contributed by atoms with Crippen LogP contribution in [0.25, 0.3) is 0 Å². The van der Waals surface area contributed by atoms with Gasteiger partial charge in [-0.1, -0.05) is 18.2 Å². The van der Waals surface area contributed by atoms with Crippen LogP contribution in [0, 0.1) is 0 Å². The Morgan fingerprint density at radius 3 is 2.93 bits per heavy atom. The predicted molar refractivity (Wildman–Crippen MR) is 49.6 cm³/mol. The van der Waals surface area contributed by atoms with Crippen LogP contribution in [0.1, 0.15) is 18.1 Å². The van der Waals surface area contributed by atoms with Crippen LogP contribution in [0.15, 0.2) is 24.3 Å². The van der Waals surface area contributed by atoms with Crippen molar-refractivity contribution in [3.05, 3.63) is 29.8 Å². The summed E-state index contributed by atoms with van der Waals surface area (Å²) in [6.07, 6.45) is -1.16. The molecule has 1 aromatic rings. The number of amides is 1. The fourth-order valence-corrected chi connectivity index (χ4v) is 1.57. The fourth-order valence-electron chi connectivity index (χ4n) is 1.57. The Kier molecular flexibility index (Phi) is 2.13. The van der Waals surface area contributed by atoms with E-state index in [0.29, 0.717) is 11.3 Å². The number of aliphatic hydroxyl groups excluding tert-OH is 1. The highest BCUT2D eigenvalue weighted by molar-refractivity contribution is 5.79. The molecule has 0 fully saturated rings. The van der Waals surface area contributed by atoms with Crippen LogP contribution >= 0.6 is 0 Å². The minimum Gasteiger partial charge on any atom is -0.480 e. The summed E-state index contributed by atoms with van der Waals surface area (Å²) in [5.74, 6) is -0.00592. The van der Waals surface area contributed by atoms with Crippen molar-refractivity contribution in [2.45, 2.75) is 18.6 Å². The lowest BCUT2D eigenvalue weighted by atomic mass is 9.99. The quantitative estimate of drug-likeness (QED) is 0.676. The number of rotatable bonds is 1. The molecular weight excluding hydrogens is 182 g/mol. The topological polar surface area (TPSA) is 72.6 Å². The first kappa shape index (κ1) is 9.02. The molecule has 1 aliphatic heterocycles. The van der Waals surface area contributed by atoms with E-state index in [9.17, 15) is 9.90 Å². The number of carbonyl (C=O) groups is 1. The number of carbonyl (C=O) groups excluding carboxylic acids is 1. The number of nitrogens with two attached hydrogens (primary N) is 1. The van der Waals surface area contributed by atoms with Crippen LogP contribution in [0.4, 0.5) is 0 Å². The van der Waals surface area contributed by atoms with Gasteiger partial charge in [-0.2, -0.15) is 0 Å². The lowest BCUT2D eigenvalue weighted by Crippen LogP contribution is -2.37. The molecule has 4 heteroatoms. The van der Waals surface area contributed by atoms with Crippen molar-refractivity contribution in [1.29, 1.82) is 0 Å². The first-order valence-corrected chi connectivity index (χ1v) is 4.41. The van der Waals surface area contributed by atoms with E-state index >= 15 is 0 Å². The van der Waals surface area contributed by atoms with Crippen molar-refractivity contribution >= 4 is 5.91 Å². The summed E-state index contributed by atoms with van der Waals surface area (Å²) in [4.78, 5) is 10.9. The molecule has 4 nitrogen and oxygen atoms in total. The fraction of sp³-hybridized carbons (Fsp3) is 0.300. The molecule has 0 aromatic heterocycles. The van der Waals surface area contributed by atoms with Gasteiger partial charge in [0.2, 0.25) is 0 Å². The van der Waals surface area contributed by atoms with Gasteiger partial charge in [0.1, 0.15) is 5.75 Å². The second-order valence-corrected chi connectivity index (χ2v) is 3.30. The molecule has 2 rings (SSSR count). The van der Waals surface area contributed by atoms with Crippen LogP contribution in [0.3, 0.4) is 0 Å². The third-order valence-electron chi connectivity index (χ3n) is 2.30. The summed E-state index contributed by atoms with van der Waals surface area (Å²) in [5, 5.41) is 9.69. The number of primary amides is 1. The molecule has 1 aliphatic rings. The lowest BCUT2D eigenvalue weighted by molar-refractivity contribution is -0.127. The van der Waals surface area contributed by atoms with Crippen LogP contribution in [0.2, 0.25) is 0 Å². The normalized spacial score (nSPS) is 24.9. The third-order valence-corrected chi connectivity index (χ3v) is 2.30. The standard InChI is InChI=1S/C10H11NO3/c11-10(13)9-5-7(12)6-3-1-2-4-8(6)14-9/h1-4,7,9,12H,5H2,(H2,11,13). The van der Waals surface area contributed by atoms with Crippen molar-refractivity contribution in [2.75, 3.05) is 0 Å². The third kappa shape index (κ3) is 1.44. The average molecular weight is 193 g/mol. The zero-order chi connectivity index (χ0) is 10.1. The van der Waals surface area contributed by atoms with Crippen molar-refractivity contribution in [1.82, 2.24) is 0 Å². The molecule has 0 saturated carbocycles. The lowest BCUT2D eigenvalue weighted by Gasteiger charge is -2.27. The molecule has 0 spiro atoms. The van der Waals surface area contributed by atoms with E-state index in [0.717, 1.165) is 0 Å². The van der Waals surface area contributed by atoms with Crippen molar-refractivity contribution < 1.29 is 14.6 Å². The molecule has 0 bridgehead atoms. The van der Waals surface area contributed by atoms with E-state index in [4.69, 9.17) is 10.5 Å². The minimum absolute atomic E-state index is 0.229. The highest BCUT2D eigenvalue weighted by Crippen LogP contribution is 2.33. The Labute approximate surface area is 81.3 Å². The van der Waals surface area contributed by atoms with Crippen LogP contribution in [-0.2, 0) is 4.79 Å². The maximum absolute atomic E-state index is 10.9. The summed E-state index contributed by atoms with van der Waals surface area (Å²) in [6, 6.07) is 7.09. The van der Waals surface area contributed by atoms with E-state index in [1.807, 2.05) is 6.07 Å². The monoisotopic (exact) mass is 193 g/mol. The molecule has 1 aromatic carbocycles. The van der Waals surface area contributed by atoms with Crippen LogP contribution in [0.5, 0.6) is 5.75 Å². The van der Waals surface area contributed by atoms with Gasteiger partial charge in [-0.25, -0.2) is 0 Å². The average Bonchev–Trinajstić information content (AvgIpc) is 2.17. The Hall–Kier alpha value is -1.55. The smallest absolute Gasteiger partial charge is 0.258 e. The molecule has 74 valence electrons. The predicted octanol–water partition coefficient (Wildman–Crippen LogP) is 0.356. The summed E-state index contributed by atoms with van der Waals surface area (Å²) in [7, 11) is 0. The van der Waals surface area contributed by atoms with Crippen molar-refractivity contribution in [2.24, 2.45) is 5.73 Å². The number of hydrogen-bond donors (Lipinski definition) is 2. The van der Waals surface area contributed by atoms with Gasteiger partial charge >= 0.3 is 0 Å². The summed E-state index contributed by atoms with van der Waals surface area (Å²) in [5.41, 5.74) is 5.82. The first-order chi connectivity index (χ1) is 6.68. The molecule has 2 atom stereocenters. The number of hydrogen-bond acceptors (Lipinski definition) is 3. The Morgan fingerprint density at radius 1 is 1.50 bits per heavy atom. The number of para-hydroxylation sites is 1. The molecule has 0 radical (unpaired) electrons. The Morgan fingerprint density at radius 2 is 2.21 bits per heavy atom. The van der Waals surface area contributed by atoms with Gasteiger partial charge in [0.05, 0.1) is 6.10 Å². The van der Waals surface area contributed by atoms with E-state index < -0.39 is 18.1 Å². The first-order valence-electron chi connectivity index (χ1n) is 4.41. The van der Waals surface area contributed by atoms with Gasteiger partial charge in [-0.05, 0) is 6.07 Å². The number of fused-ring (bicyclic) bond motifs is 1. The van der Waals surface area contributed by atoms with E-state index in [-0.39, 0.29) is 6.42 Å². The maximum Gasteiger partial charge on any atom is 0.258 e. The molecule has 0 aliphatic carbocycles. The molecule has 3 N–H and O–H groups in total. The van der Waals surface area contributed by atoms with Crippen molar-refractivity contribution in [3.8, 4) is 5.75 Å². The van der Waals surface area contributed by atoms with E-state index in [1.165, 1.54) is 0 Å². The summed E-state index contributed by atoms with van der Waals surface area (Å²) in [6.45, 7) is 0. The minimum atomic E-state index is -0.722. The number of ether oxygens (including phenoxy) is 1. The van der Waals surface area contributed by atoms with Gasteiger partial charge in [0.25, 0.3) is 5.91 Å². The summed E-state index contributed by atoms with van der Waals surface area (Å²) >= 11 is 0. The van der Waals surface area contributed by atoms with Crippen LogP contribution < -0.4 is 10.5 Å². The highest BCUT2D eigenvalue weighted by atomic mass is 16.5. The zero-order valence-electron chi connectivity index (χ0n) is 7.51. The molecule has 2 unspecified atom stereocenters. The highest BCUT2D eigenvalue weighted by Gasteiger charge is 2.29. The molecule has 14 heavy (non-hydrogen) atoms. The second kappa shape index (κ2) is 3.31.